The quantitative estimate of drug-likeness (QED) is 0.849. The molecule has 0 spiro atoms. The molecule has 2 heteroatoms. The number of aryl methyl sites for hydroxylation is 1. The van der Waals surface area contributed by atoms with Crippen LogP contribution < -0.4 is 5.32 Å². The fraction of sp³-hybridized carbons (Fsp3) is 0.667. The normalized spacial score (nSPS) is 20.8. The maximum absolute atomic E-state index is 3.64. The monoisotopic (exact) mass is 274 g/mol. The fourth-order valence-electron chi connectivity index (χ4n) is 3.31. The molecule has 2 unspecified atom stereocenters. The molecule has 0 aromatic heterocycles. The molecule has 20 heavy (non-hydrogen) atoms. The van der Waals surface area contributed by atoms with E-state index < -0.39 is 0 Å². The van der Waals surface area contributed by atoms with E-state index in [1.807, 2.05) is 0 Å². The number of nitrogens with one attached hydrogen (secondary N) is 1. The van der Waals surface area contributed by atoms with Crippen molar-refractivity contribution in [3.8, 4) is 0 Å². The molecule has 1 heterocycles. The average molecular weight is 274 g/mol. The Kier molecular flexibility index (Phi) is 5.62. The Morgan fingerprint density at radius 3 is 2.60 bits per heavy atom. The molecule has 1 aromatic carbocycles. The molecule has 1 saturated heterocycles. The second-order valence-corrected chi connectivity index (χ2v) is 6.67. The number of hydrogen-bond acceptors (Lipinski definition) is 2. The third-order valence-corrected chi connectivity index (χ3v) is 4.40. The summed E-state index contributed by atoms with van der Waals surface area (Å²) in [5.74, 6) is 0.711. The first-order valence-corrected chi connectivity index (χ1v) is 8.11. The molecule has 0 bridgehead atoms. The van der Waals surface area contributed by atoms with Crippen LogP contribution >= 0.6 is 0 Å². The van der Waals surface area contributed by atoms with Gasteiger partial charge in [-0.1, -0.05) is 38.1 Å². The van der Waals surface area contributed by atoms with E-state index >= 15 is 0 Å². The summed E-state index contributed by atoms with van der Waals surface area (Å²) < 4.78 is 0. The van der Waals surface area contributed by atoms with Crippen LogP contribution in [0.2, 0.25) is 0 Å². The maximum atomic E-state index is 3.64. The molecule has 2 atom stereocenters. The topological polar surface area (TPSA) is 15.3 Å². The highest BCUT2D eigenvalue weighted by Gasteiger charge is 2.23. The van der Waals surface area contributed by atoms with Crippen LogP contribution in [0.5, 0.6) is 0 Å². The minimum absolute atomic E-state index is 0.501. The van der Waals surface area contributed by atoms with E-state index in [9.17, 15) is 0 Å². The molecular weight excluding hydrogens is 244 g/mol. The lowest BCUT2D eigenvalue weighted by Crippen LogP contribution is -2.40. The largest absolute Gasteiger partial charge is 0.313 e. The first kappa shape index (κ1) is 15.5. The van der Waals surface area contributed by atoms with Crippen LogP contribution in [-0.2, 0) is 0 Å². The summed E-state index contributed by atoms with van der Waals surface area (Å²) in [6.45, 7) is 12.8. The Hall–Kier alpha value is -0.860. The zero-order chi connectivity index (χ0) is 14.5. The second-order valence-electron chi connectivity index (χ2n) is 6.67. The standard InChI is InChI=1S/C18H30N2/c1-14(2)12-20(13-17-9-7-11-19-17)16(4)18-10-6-5-8-15(18)3/h5-6,8,10,14,16-17,19H,7,9,11-13H2,1-4H3. The Bertz CT molecular complexity index is 408. The predicted molar refractivity (Wildman–Crippen MR) is 87.0 cm³/mol. The van der Waals surface area contributed by atoms with Gasteiger partial charge in [0.1, 0.15) is 0 Å². The van der Waals surface area contributed by atoms with E-state index in [4.69, 9.17) is 0 Å². The lowest BCUT2D eigenvalue weighted by atomic mass is 9.99. The molecule has 1 N–H and O–H groups in total. The fourth-order valence-corrected chi connectivity index (χ4v) is 3.31. The van der Waals surface area contributed by atoms with Gasteiger partial charge in [0.15, 0.2) is 0 Å². The predicted octanol–water partition coefficient (Wildman–Crippen LogP) is 3.77. The van der Waals surface area contributed by atoms with Gasteiger partial charge in [-0.05, 0) is 50.3 Å². The van der Waals surface area contributed by atoms with Crippen molar-refractivity contribution in [1.29, 1.82) is 0 Å². The molecule has 1 aliphatic rings. The third-order valence-electron chi connectivity index (χ3n) is 4.40. The van der Waals surface area contributed by atoms with Crippen LogP contribution in [0.3, 0.4) is 0 Å². The SMILES string of the molecule is Cc1ccccc1C(C)N(CC(C)C)CC1CCCN1. The van der Waals surface area contributed by atoms with E-state index in [-0.39, 0.29) is 0 Å². The van der Waals surface area contributed by atoms with Gasteiger partial charge in [-0.25, -0.2) is 0 Å². The lowest BCUT2D eigenvalue weighted by molar-refractivity contribution is 0.171. The Labute approximate surface area is 124 Å². The van der Waals surface area contributed by atoms with Gasteiger partial charge in [-0.3, -0.25) is 4.90 Å². The van der Waals surface area contributed by atoms with Crippen LogP contribution in [0.1, 0.15) is 50.8 Å². The van der Waals surface area contributed by atoms with Gasteiger partial charge in [0.05, 0.1) is 0 Å². The molecule has 1 aromatic rings. The molecular formula is C18H30N2. The maximum Gasteiger partial charge on any atom is 0.0323 e. The van der Waals surface area contributed by atoms with Crippen molar-refractivity contribution in [3.05, 3.63) is 35.4 Å². The van der Waals surface area contributed by atoms with Gasteiger partial charge in [-0.2, -0.15) is 0 Å². The summed E-state index contributed by atoms with van der Waals surface area (Å²) in [5, 5.41) is 3.64. The van der Waals surface area contributed by atoms with E-state index in [2.05, 4.69) is 62.2 Å². The molecule has 0 saturated carbocycles. The summed E-state index contributed by atoms with van der Waals surface area (Å²) in [7, 11) is 0. The van der Waals surface area contributed by atoms with E-state index in [1.54, 1.807) is 0 Å². The smallest absolute Gasteiger partial charge is 0.0323 e. The van der Waals surface area contributed by atoms with E-state index in [1.165, 1.54) is 43.6 Å². The van der Waals surface area contributed by atoms with Crippen molar-refractivity contribution in [1.82, 2.24) is 10.2 Å². The van der Waals surface area contributed by atoms with Crippen LogP contribution in [-0.4, -0.2) is 30.6 Å². The highest BCUT2D eigenvalue weighted by molar-refractivity contribution is 5.28. The van der Waals surface area contributed by atoms with Crippen LogP contribution in [0, 0.1) is 12.8 Å². The first-order valence-electron chi connectivity index (χ1n) is 8.11. The van der Waals surface area contributed by atoms with Crippen molar-refractivity contribution in [2.45, 2.75) is 52.6 Å². The number of rotatable bonds is 6. The van der Waals surface area contributed by atoms with Crippen molar-refractivity contribution in [2.24, 2.45) is 5.92 Å². The molecule has 112 valence electrons. The van der Waals surface area contributed by atoms with Crippen molar-refractivity contribution >= 4 is 0 Å². The van der Waals surface area contributed by atoms with Gasteiger partial charge >= 0.3 is 0 Å². The third kappa shape index (κ3) is 4.07. The van der Waals surface area contributed by atoms with Gasteiger partial charge in [0.2, 0.25) is 0 Å². The Morgan fingerprint density at radius 2 is 2.00 bits per heavy atom. The molecule has 2 rings (SSSR count). The summed E-state index contributed by atoms with van der Waals surface area (Å²) in [5.41, 5.74) is 2.89. The van der Waals surface area contributed by atoms with Crippen molar-refractivity contribution < 1.29 is 0 Å². The van der Waals surface area contributed by atoms with Crippen molar-refractivity contribution in [2.75, 3.05) is 19.6 Å². The molecule has 1 fully saturated rings. The summed E-state index contributed by atoms with van der Waals surface area (Å²) in [4.78, 5) is 2.66. The summed E-state index contributed by atoms with van der Waals surface area (Å²) in [6.07, 6.45) is 2.66. The number of nitrogens with zero attached hydrogens (tertiary/aromatic N) is 1. The first-order chi connectivity index (χ1) is 9.58. The lowest BCUT2D eigenvalue weighted by Gasteiger charge is -2.33. The summed E-state index contributed by atoms with van der Waals surface area (Å²) in [6, 6.07) is 10.0. The number of benzene rings is 1. The summed E-state index contributed by atoms with van der Waals surface area (Å²) >= 11 is 0. The average Bonchev–Trinajstić information content (AvgIpc) is 2.90. The minimum atomic E-state index is 0.501. The van der Waals surface area contributed by atoms with Gasteiger partial charge in [0, 0.05) is 25.2 Å². The van der Waals surface area contributed by atoms with E-state index in [0.29, 0.717) is 18.0 Å². The Morgan fingerprint density at radius 1 is 1.25 bits per heavy atom. The second kappa shape index (κ2) is 7.24. The molecule has 0 aliphatic carbocycles. The highest BCUT2D eigenvalue weighted by Crippen LogP contribution is 2.25. The minimum Gasteiger partial charge on any atom is -0.313 e. The zero-order valence-corrected chi connectivity index (χ0v) is 13.5. The zero-order valence-electron chi connectivity index (χ0n) is 13.5. The van der Waals surface area contributed by atoms with Gasteiger partial charge < -0.3 is 5.32 Å². The molecule has 1 aliphatic heterocycles. The van der Waals surface area contributed by atoms with Gasteiger partial charge in [0.25, 0.3) is 0 Å². The Balaban J connectivity index is 2.10. The van der Waals surface area contributed by atoms with Crippen molar-refractivity contribution in [3.63, 3.8) is 0 Å². The van der Waals surface area contributed by atoms with Crippen LogP contribution in [0.4, 0.5) is 0 Å². The van der Waals surface area contributed by atoms with Gasteiger partial charge in [-0.15, -0.1) is 0 Å². The number of hydrogen-bond donors (Lipinski definition) is 1. The van der Waals surface area contributed by atoms with Crippen LogP contribution in [0.15, 0.2) is 24.3 Å². The molecule has 0 amide bonds. The van der Waals surface area contributed by atoms with E-state index in [0.717, 1.165) is 0 Å². The molecule has 0 radical (unpaired) electrons. The highest BCUT2D eigenvalue weighted by atomic mass is 15.2. The van der Waals surface area contributed by atoms with Crippen LogP contribution in [0.25, 0.3) is 0 Å². The molecule has 2 nitrogen and oxygen atoms in total.